The van der Waals surface area contributed by atoms with Crippen molar-refractivity contribution in [3.63, 3.8) is 0 Å². The second-order valence-corrected chi connectivity index (χ2v) is 3.17. The Morgan fingerprint density at radius 1 is 1.30 bits per heavy atom. The Morgan fingerprint density at radius 3 is 2.30 bits per heavy atom. The van der Waals surface area contributed by atoms with Gasteiger partial charge < -0.3 is 4.79 Å². The number of rotatable bonds is 5. The SMILES string of the molecule is CC(C)[CH]CCC(C)C=O. The third-order valence-corrected chi connectivity index (χ3v) is 1.49. The van der Waals surface area contributed by atoms with Crippen LogP contribution in [-0.4, -0.2) is 6.29 Å². The van der Waals surface area contributed by atoms with Crippen molar-refractivity contribution in [2.24, 2.45) is 11.8 Å². The lowest BCUT2D eigenvalue weighted by Crippen LogP contribution is -1.97. The molecule has 0 rings (SSSR count). The van der Waals surface area contributed by atoms with Crippen molar-refractivity contribution in [1.29, 1.82) is 0 Å². The number of carbonyl (C=O) groups is 1. The van der Waals surface area contributed by atoms with Gasteiger partial charge in [-0.15, -0.1) is 0 Å². The van der Waals surface area contributed by atoms with E-state index in [2.05, 4.69) is 20.3 Å². The van der Waals surface area contributed by atoms with Crippen LogP contribution in [0.3, 0.4) is 0 Å². The van der Waals surface area contributed by atoms with E-state index in [-0.39, 0.29) is 5.92 Å². The predicted octanol–water partition coefficient (Wildman–Crippen LogP) is 2.46. The van der Waals surface area contributed by atoms with Crippen LogP contribution in [0.5, 0.6) is 0 Å². The fourth-order valence-corrected chi connectivity index (χ4v) is 0.760. The van der Waals surface area contributed by atoms with Gasteiger partial charge >= 0.3 is 0 Å². The largest absolute Gasteiger partial charge is 0.303 e. The van der Waals surface area contributed by atoms with Gasteiger partial charge in [0.2, 0.25) is 0 Å². The molecule has 0 aromatic heterocycles. The van der Waals surface area contributed by atoms with Crippen LogP contribution in [0.25, 0.3) is 0 Å². The lowest BCUT2D eigenvalue weighted by molar-refractivity contribution is -0.110. The van der Waals surface area contributed by atoms with E-state index in [1.807, 2.05) is 6.92 Å². The maximum atomic E-state index is 10.2. The smallest absolute Gasteiger partial charge is 0.122 e. The molecule has 59 valence electrons. The summed E-state index contributed by atoms with van der Waals surface area (Å²) in [6, 6.07) is 0. The average Bonchev–Trinajstić information content (AvgIpc) is 1.87. The normalized spacial score (nSPS) is 13.6. The van der Waals surface area contributed by atoms with Gasteiger partial charge in [0.05, 0.1) is 0 Å². The summed E-state index contributed by atoms with van der Waals surface area (Å²) in [4.78, 5) is 10.2. The molecule has 0 spiro atoms. The zero-order valence-electron chi connectivity index (χ0n) is 7.13. The van der Waals surface area contributed by atoms with Crippen LogP contribution < -0.4 is 0 Å². The van der Waals surface area contributed by atoms with Gasteiger partial charge in [-0.25, -0.2) is 0 Å². The molecular weight excluding hydrogens is 124 g/mol. The second-order valence-electron chi connectivity index (χ2n) is 3.17. The summed E-state index contributed by atoms with van der Waals surface area (Å²) in [5, 5.41) is 0. The van der Waals surface area contributed by atoms with E-state index in [9.17, 15) is 4.79 Å². The Morgan fingerprint density at radius 2 is 1.90 bits per heavy atom. The highest BCUT2D eigenvalue weighted by Crippen LogP contribution is 2.09. The zero-order chi connectivity index (χ0) is 7.98. The van der Waals surface area contributed by atoms with Crippen molar-refractivity contribution < 1.29 is 4.79 Å². The summed E-state index contributed by atoms with van der Waals surface area (Å²) in [5.74, 6) is 0.883. The van der Waals surface area contributed by atoms with Crippen LogP contribution in [0.1, 0.15) is 33.6 Å². The molecule has 0 heterocycles. The highest BCUT2D eigenvalue weighted by atomic mass is 16.1. The molecule has 0 saturated carbocycles. The van der Waals surface area contributed by atoms with Gasteiger partial charge in [0, 0.05) is 5.92 Å². The van der Waals surface area contributed by atoms with E-state index in [1.165, 1.54) is 0 Å². The molecule has 0 bridgehead atoms. The fraction of sp³-hybridized carbons (Fsp3) is 0.778. The molecule has 1 heteroatoms. The summed E-state index contributed by atoms with van der Waals surface area (Å²) in [6.07, 6.45) is 5.34. The van der Waals surface area contributed by atoms with E-state index in [4.69, 9.17) is 0 Å². The molecule has 1 unspecified atom stereocenters. The molecule has 0 aliphatic carbocycles. The van der Waals surface area contributed by atoms with Crippen molar-refractivity contribution in [3.8, 4) is 0 Å². The molecule has 0 aromatic carbocycles. The maximum absolute atomic E-state index is 10.2. The van der Waals surface area contributed by atoms with Crippen molar-refractivity contribution in [1.82, 2.24) is 0 Å². The number of hydrogen-bond acceptors (Lipinski definition) is 1. The van der Waals surface area contributed by atoms with Crippen molar-refractivity contribution in [3.05, 3.63) is 6.42 Å². The summed E-state index contributed by atoms with van der Waals surface area (Å²) in [7, 11) is 0. The Kier molecular flexibility index (Phi) is 5.27. The molecule has 0 saturated heterocycles. The van der Waals surface area contributed by atoms with Crippen LogP contribution in [0.15, 0.2) is 0 Å². The molecule has 1 radical (unpaired) electrons. The van der Waals surface area contributed by atoms with Crippen LogP contribution in [0.2, 0.25) is 0 Å². The van der Waals surface area contributed by atoms with Gasteiger partial charge in [-0.3, -0.25) is 0 Å². The topological polar surface area (TPSA) is 17.1 Å². The standard InChI is InChI=1S/C9H17O/c1-8(2)5-4-6-9(3)7-10/h5,7-9H,4,6H2,1-3H3. The molecule has 0 amide bonds. The van der Waals surface area contributed by atoms with Gasteiger partial charge in [-0.05, 0) is 25.2 Å². The van der Waals surface area contributed by atoms with E-state index in [0.717, 1.165) is 19.1 Å². The third-order valence-electron chi connectivity index (χ3n) is 1.49. The van der Waals surface area contributed by atoms with Crippen LogP contribution in [0.4, 0.5) is 0 Å². The first kappa shape index (κ1) is 9.67. The lowest BCUT2D eigenvalue weighted by atomic mass is 10.0. The predicted molar refractivity (Wildman–Crippen MR) is 43.6 cm³/mol. The van der Waals surface area contributed by atoms with Gasteiger partial charge in [0.15, 0.2) is 0 Å². The van der Waals surface area contributed by atoms with Crippen LogP contribution in [-0.2, 0) is 4.79 Å². The number of aldehydes is 1. The Balaban J connectivity index is 3.11. The minimum atomic E-state index is 0.231. The second kappa shape index (κ2) is 5.45. The summed E-state index contributed by atoms with van der Waals surface area (Å²) < 4.78 is 0. The first-order chi connectivity index (χ1) is 4.66. The van der Waals surface area contributed by atoms with Gasteiger partial charge in [0.1, 0.15) is 6.29 Å². The molecule has 0 aliphatic heterocycles. The first-order valence-electron chi connectivity index (χ1n) is 3.95. The quantitative estimate of drug-likeness (QED) is 0.537. The third kappa shape index (κ3) is 5.80. The Hall–Kier alpha value is -0.330. The Bertz CT molecular complexity index is 86.7. The first-order valence-corrected chi connectivity index (χ1v) is 3.95. The zero-order valence-corrected chi connectivity index (χ0v) is 7.13. The highest BCUT2D eigenvalue weighted by molar-refractivity contribution is 5.52. The minimum Gasteiger partial charge on any atom is -0.303 e. The monoisotopic (exact) mass is 141 g/mol. The highest BCUT2D eigenvalue weighted by Gasteiger charge is 1.99. The minimum absolute atomic E-state index is 0.231. The lowest BCUT2D eigenvalue weighted by Gasteiger charge is -2.04. The van der Waals surface area contributed by atoms with E-state index < -0.39 is 0 Å². The molecule has 1 atom stereocenters. The molecule has 0 fully saturated rings. The molecular formula is C9H17O. The van der Waals surface area contributed by atoms with Crippen molar-refractivity contribution in [2.45, 2.75) is 33.6 Å². The molecule has 10 heavy (non-hydrogen) atoms. The van der Waals surface area contributed by atoms with Crippen LogP contribution >= 0.6 is 0 Å². The molecule has 0 aromatic rings. The average molecular weight is 141 g/mol. The van der Waals surface area contributed by atoms with Gasteiger partial charge in [0.25, 0.3) is 0 Å². The molecule has 1 nitrogen and oxygen atoms in total. The van der Waals surface area contributed by atoms with E-state index in [1.54, 1.807) is 0 Å². The Labute approximate surface area is 63.8 Å². The molecule has 0 aliphatic rings. The van der Waals surface area contributed by atoms with E-state index >= 15 is 0 Å². The number of carbonyl (C=O) groups excluding carboxylic acids is 1. The molecule has 0 N–H and O–H groups in total. The summed E-state index contributed by atoms with van der Waals surface area (Å²) >= 11 is 0. The summed E-state index contributed by atoms with van der Waals surface area (Å²) in [5.41, 5.74) is 0. The van der Waals surface area contributed by atoms with Crippen molar-refractivity contribution >= 4 is 6.29 Å². The van der Waals surface area contributed by atoms with Crippen molar-refractivity contribution in [2.75, 3.05) is 0 Å². The number of hydrogen-bond donors (Lipinski definition) is 0. The summed E-state index contributed by atoms with van der Waals surface area (Å²) in [6.45, 7) is 6.28. The fourth-order valence-electron chi connectivity index (χ4n) is 0.760. The van der Waals surface area contributed by atoms with Gasteiger partial charge in [-0.2, -0.15) is 0 Å². The maximum Gasteiger partial charge on any atom is 0.122 e. The van der Waals surface area contributed by atoms with E-state index in [0.29, 0.717) is 5.92 Å². The van der Waals surface area contributed by atoms with Crippen LogP contribution in [0, 0.1) is 18.3 Å². The van der Waals surface area contributed by atoms with Gasteiger partial charge in [-0.1, -0.05) is 20.8 Å².